The lowest BCUT2D eigenvalue weighted by atomic mass is 9.99. The molecule has 1 aliphatic heterocycles. The summed E-state index contributed by atoms with van der Waals surface area (Å²) in [7, 11) is -0.648. The second-order valence-electron chi connectivity index (χ2n) is 7.93. The lowest BCUT2D eigenvalue weighted by Crippen LogP contribution is -2.24. The van der Waals surface area contributed by atoms with Crippen molar-refractivity contribution in [3.05, 3.63) is 126 Å². The molecule has 1 atom stereocenters. The molecule has 0 saturated heterocycles. The van der Waals surface area contributed by atoms with Crippen molar-refractivity contribution in [2.45, 2.75) is 26.5 Å². The second-order valence-corrected chi connectivity index (χ2v) is 10.1. The highest BCUT2D eigenvalue weighted by molar-refractivity contribution is 7.76. The smallest absolute Gasteiger partial charge is 0.217 e. The van der Waals surface area contributed by atoms with E-state index in [-0.39, 0.29) is 6.04 Å². The van der Waals surface area contributed by atoms with Crippen molar-refractivity contribution in [2.24, 2.45) is 4.99 Å². The van der Waals surface area contributed by atoms with Crippen LogP contribution in [0.4, 0.5) is 0 Å². The van der Waals surface area contributed by atoms with Crippen LogP contribution >= 0.6 is 7.92 Å². The maximum Gasteiger partial charge on any atom is 0.217 e. The zero-order valence-electron chi connectivity index (χ0n) is 17.8. The van der Waals surface area contributed by atoms with Gasteiger partial charge in [-0.1, -0.05) is 78.4 Å². The molecule has 1 heterocycles. The highest BCUT2D eigenvalue weighted by Gasteiger charge is 2.40. The van der Waals surface area contributed by atoms with Gasteiger partial charge in [-0.3, -0.25) is 0 Å². The van der Waals surface area contributed by atoms with Crippen LogP contribution < -0.4 is 10.6 Å². The molecule has 0 spiro atoms. The molecule has 0 N–H and O–H groups in total. The summed E-state index contributed by atoms with van der Waals surface area (Å²) in [6.45, 7) is 4.89. The minimum absolute atomic E-state index is 0.0175. The summed E-state index contributed by atoms with van der Waals surface area (Å²) in [5, 5.41) is 2.71. The third-order valence-corrected chi connectivity index (χ3v) is 8.23. The van der Waals surface area contributed by atoms with E-state index in [0.29, 0.717) is 6.61 Å². The molecule has 5 radical (unpaired) electrons. The summed E-state index contributed by atoms with van der Waals surface area (Å²) in [5.41, 5.74) is 4.95. The predicted octanol–water partition coefficient (Wildman–Crippen LogP) is 5.53. The van der Waals surface area contributed by atoms with E-state index in [9.17, 15) is 0 Å². The molecule has 1 aliphatic carbocycles. The molecule has 31 heavy (non-hydrogen) atoms. The molecule has 3 heteroatoms. The molecule has 2 aliphatic rings. The van der Waals surface area contributed by atoms with Crippen molar-refractivity contribution in [2.75, 3.05) is 0 Å². The van der Waals surface area contributed by atoms with E-state index in [0.717, 1.165) is 11.5 Å². The van der Waals surface area contributed by atoms with E-state index >= 15 is 0 Å². The summed E-state index contributed by atoms with van der Waals surface area (Å²) in [6.07, 6.45) is 6.65. The van der Waals surface area contributed by atoms with Gasteiger partial charge in [0.1, 0.15) is 6.61 Å². The van der Waals surface area contributed by atoms with Gasteiger partial charge >= 0.3 is 0 Å². The lowest BCUT2D eigenvalue weighted by molar-refractivity contribution is 0.310. The first-order valence-corrected chi connectivity index (χ1v) is 12.0. The first-order valence-electron chi connectivity index (χ1n) is 10.7. The monoisotopic (exact) mass is 422 g/mol. The van der Waals surface area contributed by atoms with Gasteiger partial charge in [-0.05, 0) is 57.7 Å². The normalized spacial score (nSPS) is 19.0. The number of benzene rings is 3. The van der Waals surface area contributed by atoms with E-state index in [1.54, 1.807) is 0 Å². The fourth-order valence-electron chi connectivity index (χ4n) is 4.15. The summed E-state index contributed by atoms with van der Waals surface area (Å²) >= 11 is 0. The van der Waals surface area contributed by atoms with E-state index in [2.05, 4.69) is 112 Å². The van der Waals surface area contributed by atoms with Crippen LogP contribution in [0.3, 0.4) is 0 Å². The zero-order chi connectivity index (χ0) is 21.2. The standard InChI is InChI=1S/C28H25NOP/c1-20-16-17-22-19-30-28(26(22)18-20)29-21(2)25-14-9-15-27(25)31(23-10-5-3-6-11-23)24-12-7-4-8-13-24/h3-18,21H,19H2,1-2H3/t21-/m1/s1. The van der Waals surface area contributed by atoms with E-state index in [1.807, 2.05) is 0 Å². The molecule has 5 rings (SSSR count). The van der Waals surface area contributed by atoms with Crippen LogP contribution in [0, 0.1) is 37.8 Å². The van der Waals surface area contributed by atoms with E-state index in [4.69, 9.17) is 9.73 Å². The lowest BCUT2D eigenvalue weighted by Gasteiger charge is -2.31. The topological polar surface area (TPSA) is 21.6 Å². The third-order valence-electron chi connectivity index (χ3n) is 5.72. The molecular formula is C28H25NOP. The molecule has 0 amide bonds. The Hall–Kier alpha value is -2.44. The Morgan fingerprint density at radius 3 is 2.23 bits per heavy atom. The average Bonchev–Trinajstić information content (AvgIpc) is 3.43. The highest BCUT2D eigenvalue weighted by Crippen LogP contribution is 2.57. The molecule has 0 unspecified atom stereocenters. The summed E-state index contributed by atoms with van der Waals surface area (Å²) in [5.74, 6) is 2.04. The van der Waals surface area contributed by atoms with Gasteiger partial charge < -0.3 is 4.74 Å². The minimum Gasteiger partial charge on any atom is -0.473 e. The van der Waals surface area contributed by atoms with Crippen molar-refractivity contribution in [1.29, 1.82) is 0 Å². The van der Waals surface area contributed by atoms with Gasteiger partial charge in [-0.25, -0.2) is 4.99 Å². The van der Waals surface area contributed by atoms with Crippen LogP contribution in [-0.2, 0) is 11.3 Å². The second kappa shape index (κ2) is 8.97. The Morgan fingerprint density at radius 1 is 0.871 bits per heavy atom. The number of ether oxygens (including phenoxy) is 1. The number of fused-ring (bicyclic) bond motifs is 1. The summed E-state index contributed by atoms with van der Waals surface area (Å²) < 4.78 is 5.97. The Kier molecular flexibility index (Phi) is 5.92. The molecule has 153 valence electrons. The first kappa shape index (κ1) is 20.5. The quantitative estimate of drug-likeness (QED) is 0.496. The Labute approximate surface area is 187 Å². The van der Waals surface area contributed by atoms with Gasteiger partial charge in [0.05, 0.1) is 6.04 Å². The third kappa shape index (κ3) is 4.19. The van der Waals surface area contributed by atoms with Crippen LogP contribution in [0.25, 0.3) is 0 Å². The van der Waals surface area contributed by atoms with Crippen molar-refractivity contribution in [3.8, 4) is 0 Å². The van der Waals surface area contributed by atoms with Crippen LogP contribution in [0.2, 0.25) is 0 Å². The van der Waals surface area contributed by atoms with Crippen LogP contribution in [-0.4, -0.2) is 11.9 Å². The number of nitrogens with zero attached hydrogens (tertiary/aromatic N) is 1. The van der Waals surface area contributed by atoms with Gasteiger partial charge in [0.2, 0.25) is 5.90 Å². The van der Waals surface area contributed by atoms with Gasteiger partial charge in [-0.2, -0.15) is 0 Å². The maximum absolute atomic E-state index is 5.97. The fourth-order valence-corrected chi connectivity index (χ4v) is 6.70. The van der Waals surface area contributed by atoms with Crippen molar-refractivity contribution >= 4 is 24.4 Å². The largest absolute Gasteiger partial charge is 0.473 e. The van der Waals surface area contributed by atoms with Crippen LogP contribution in [0.1, 0.15) is 23.6 Å². The maximum atomic E-state index is 5.97. The Bertz CT molecular complexity index is 1020. The average molecular weight is 422 g/mol. The van der Waals surface area contributed by atoms with E-state index < -0.39 is 7.92 Å². The van der Waals surface area contributed by atoms with Gasteiger partial charge in [0.15, 0.2) is 0 Å². The van der Waals surface area contributed by atoms with Crippen LogP contribution in [0.5, 0.6) is 0 Å². The summed E-state index contributed by atoms with van der Waals surface area (Å²) in [6, 6.07) is 28.1. The summed E-state index contributed by atoms with van der Waals surface area (Å²) in [4.78, 5) is 5.04. The number of hydrogen-bond acceptors (Lipinski definition) is 2. The zero-order valence-corrected chi connectivity index (χ0v) is 18.7. The molecule has 1 fully saturated rings. The Balaban J connectivity index is 1.47. The number of rotatable bonds is 5. The molecule has 0 bridgehead atoms. The van der Waals surface area contributed by atoms with Gasteiger partial charge in [0, 0.05) is 22.7 Å². The molecule has 2 nitrogen and oxygen atoms in total. The first-order chi connectivity index (χ1) is 15.2. The SMILES string of the molecule is Cc1ccc2c(c1)C(=N[C@H](C)[C]1[CH][CH][CH][C]1P(c1ccccc1)c1ccccc1)OC2. The molecule has 3 aromatic carbocycles. The highest BCUT2D eigenvalue weighted by atomic mass is 31.1. The molecule has 0 aromatic heterocycles. The van der Waals surface area contributed by atoms with Crippen molar-refractivity contribution in [1.82, 2.24) is 0 Å². The van der Waals surface area contributed by atoms with E-state index in [1.165, 1.54) is 33.3 Å². The predicted molar refractivity (Wildman–Crippen MR) is 130 cm³/mol. The minimum atomic E-state index is -0.648. The fraction of sp³-hybridized carbons (Fsp3) is 0.143. The molecule has 3 aromatic rings. The number of aliphatic imine (C=N–C) groups is 1. The number of aryl methyl sites for hydroxylation is 1. The van der Waals surface area contributed by atoms with Gasteiger partial charge in [0.25, 0.3) is 0 Å². The number of hydrogen-bond donors (Lipinski definition) is 0. The molecular weight excluding hydrogens is 397 g/mol. The van der Waals surface area contributed by atoms with Gasteiger partial charge in [-0.15, -0.1) is 0 Å². The Morgan fingerprint density at radius 2 is 1.55 bits per heavy atom. The van der Waals surface area contributed by atoms with Crippen molar-refractivity contribution < 1.29 is 4.74 Å². The van der Waals surface area contributed by atoms with Crippen molar-refractivity contribution in [3.63, 3.8) is 0 Å². The molecule has 1 saturated carbocycles. The van der Waals surface area contributed by atoms with Crippen LogP contribution in [0.15, 0.2) is 83.9 Å².